The van der Waals surface area contributed by atoms with Crippen LogP contribution >= 0.6 is 11.3 Å². The van der Waals surface area contributed by atoms with Crippen molar-refractivity contribution in [3.63, 3.8) is 0 Å². The summed E-state index contributed by atoms with van der Waals surface area (Å²) in [6.07, 6.45) is 10.1. The van der Waals surface area contributed by atoms with Crippen molar-refractivity contribution in [3.05, 3.63) is 21.4 Å². The molecule has 2 aliphatic carbocycles. The van der Waals surface area contributed by atoms with Crippen LogP contribution in [0, 0.1) is 31.6 Å². The molecule has 2 aliphatic rings. The van der Waals surface area contributed by atoms with Crippen molar-refractivity contribution in [1.29, 1.82) is 0 Å². The largest absolute Gasteiger partial charge is 0.323 e. The molecule has 106 valence electrons. The summed E-state index contributed by atoms with van der Waals surface area (Å²) < 4.78 is 0. The summed E-state index contributed by atoms with van der Waals surface area (Å²) >= 11 is 1.92. The van der Waals surface area contributed by atoms with E-state index >= 15 is 0 Å². The zero-order valence-electron chi connectivity index (χ0n) is 12.3. The summed E-state index contributed by atoms with van der Waals surface area (Å²) in [5.74, 6) is 2.75. The molecule has 0 radical (unpaired) electrons. The van der Waals surface area contributed by atoms with Gasteiger partial charge < -0.3 is 5.73 Å². The van der Waals surface area contributed by atoms with E-state index in [0.717, 1.165) is 17.8 Å². The van der Waals surface area contributed by atoms with E-state index < -0.39 is 0 Å². The predicted octanol–water partition coefficient (Wildman–Crippen LogP) is 4.97. The van der Waals surface area contributed by atoms with Crippen LogP contribution in [0.4, 0.5) is 0 Å². The van der Waals surface area contributed by atoms with Crippen molar-refractivity contribution in [2.45, 2.75) is 64.8 Å². The first kappa shape index (κ1) is 13.6. The monoisotopic (exact) mass is 277 g/mol. The molecule has 19 heavy (non-hydrogen) atoms. The SMILES string of the molecule is Cc1cc(C)c(C(N)C2CCC3CCCCC3C2)s1. The lowest BCUT2D eigenvalue weighted by Crippen LogP contribution is -2.33. The van der Waals surface area contributed by atoms with Crippen LogP contribution in [0.2, 0.25) is 0 Å². The highest BCUT2D eigenvalue weighted by Gasteiger charge is 2.35. The minimum Gasteiger partial charge on any atom is -0.323 e. The van der Waals surface area contributed by atoms with Gasteiger partial charge in [-0.15, -0.1) is 11.3 Å². The van der Waals surface area contributed by atoms with Gasteiger partial charge in [0.25, 0.3) is 0 Å². The van der Waals surface area contributed by atoms with Crippen molar-refractivity contribution >= 4 is 11.3 Å². The molecule has 0 amide bonds. The van der Waals surface area contributed by atoms with E-state index in [2.05, 4.69) is 19.9 Å². The molecule has 4 unspecified atom stereocenters. The first-order chi connectivity index (χ1) is 9.15. The van der Waals surface area contributed by atoms with E-state index in [-0.39, 0.29) is 0 Å². The Morgan fingerprint density at radius 3 is 2.53 bits per heavy atom. The van der Waals surface area contributed by atoms with Gasteiger partial charge in [0.2, 0.25) is 0 Å². The third kappa shape index (κ3) is 2.75. The minimum absolute atomic E-state index is 0.293. The van der Waals surface area contributed by atoms with E-state index in [1.165, 1.54) is 60.3 Å². The highest BCUT2D eigenvalue weighted by atomic mass is 32.1. The van der Waals surface area contributed by atoms with E-state index in [4.69, 9.17) is 5.73 Å². The Balaban J connectivity index is 1.70. The van der Waals surface area contributed by atoms with Crippen LogP contribution in [0.1, 0.15) is 66.3 Å². The fraction of sp³-hybridized carbons (Fsp3) is 0.765. The van der Waals surface area contributed by atoms with Gasteiger partial charge in [0.05, 0.1) is 0 Å². The summed E-state index contributed by atoms with van der Waals surface area (Å²) in [6.45, 7) is 4.43. The zero-order valence-corrected chi connectivity index (χ0v) is 13.1. The number of thiophene rings is 1. The number of nitrogens with two attached hydrogens (primary N) is 1. The molecule has 2 saturated carbocycles. The molecular weight excluding hydrogens is 250 g/mol. The van der Waals surface area contributed by atoms with Crippen LogP contribution in [-0.2, 0) is 0 Å². The highest BCUT2D eigenvalue weighted by molar-refractivity contribution is 7.12. The van der Waals surface area contributed by atoms with Gasteiger partial charge in [-0.2, -0.15) is 0 Å². The van der Waals surface area contributed by atoms with Crippen LogP contribution in [0.5, 0.6) is 0 Å². The Morgan fingerprint density at radius 1 is 1.11 bits per heavy atom. The Morgan fingerprint density at radius 2 is 1.84 bits per heavy atom. The van der Waals surface area contributed by atoms with Gasteiger partial charge in [0, 0.05) is 15.8 Å². The van der Waals surface area contributed by atoms with Gasteiger partial charge in [0.15, 0.2) is 0 Å². The molecule has 2 heteroatoms. The Kier molecular flexibility index (Phi) is 4.00. The minimum atomic E-state index is 0.293. The predicted molar refractivity (Wildman–Crippen MR) is 83.5 cm³/mol. The second-order valence-corrected chi connectivity index (χ2v) is 8.10. The standard InChI is InChI=1S/C17H27NS/c1-11-9-12(2)19-17(11)16(18)15-8-7-13-5-3-4-6-14(13)10-15/h9,13-16H,3-8,10,18H2,1-2H3. The Bertz CT molecular complexity index is 436. The molecule has 0 saturated heterocycles. The van der Waals surface area contributed by atoms with Crippen molar-refractivity contribution in [2.24, 2.45) is 23.5 Å². The number of fused-ring (bicyclic) bond motifs is 1. The van der Waals surface area contributed by atoms with Crippen molar-refractivity contribution in [3.8, 4) is 0 Å². The quantitative estimate of drug-likeness (QED) is 0.811. The lowest BCUT2D eigenvalue weighted by molar-refractivity contribution is 0.118. The molecular formula is C17H27NS. The molecule has 2 fully saturated rings. The summed E-state index contributed by atoms with van der Waals surface area (Å²) in [4.78, 5) is 2.87. The lowest BCUT2D eigenvalue weighted by Gasteiger charge is -2.41. The van der Waals surface area contributed by atoms with Crippen molar-refractivity contribution in [1.82, 2.24) is 0 Å². The number of hydrogen-bond donors (Lipinski definition) is 1. The maximum absolute atomic E-state index is 6.62. The Labute approximate surface area is 121 Å². The smallest absolute Gasteiger partial charge is 0.0421 e. The number of rotatable bonds is 2. The van der Waals surface area contributed by atoms with Crippen LogP contribution < -0.4 is 5.73 Å². The summed E-state index contributed by atoms with van der Waals surface area (Å²) in [5.41, 5.74) is 8.03. The molecule has 1 nitrogen and oxygen atoms in total. The van der Waals surface area contributed by atoms with Gasteiger partial charge in [0.1, 0.15) is 0 Å². The molecule has 0 aliphatic heterocycles. The third-order valence-electron chi connectivity index (χ3n) is 5.47. The van der Waals surface area contributed by atoms with Gasteiger partial charge in [-0.25, -0.2) is 0 Å². The molecule has 0 bridgehead atoms. The second-order valence-electron chi connectivity index (χ2n) is 6.81. The zero-order chi connectivity index (χ0) is 13.4. The normalized spacial score (nSPS) is 32.9. The van der Waals surface area contributed by atoms with E-state index in [9.17, 15) is 0 Å². The number of aryl methyl sites for hydroxylation is 2. The van der Waals surface area contributed by atoms with E-state index in [1.54, 1.807) is 0 Å². The highest BCUT2D eigenvalue weighted by Crippen LogP contribution is 2.46. The average Bonchev–Trinajstić information content (AvgIpc) is 2.76. The molecule has 0 spiro atoms. The topological polar surface area (TPSA) is 26.0 Å². The first-order valence-corrected chi connectivity index (χ1v) is 8.79. The molecule has 2 N–H and O–H groups in total. The molecule has 1 heterocycles. The summed E-state index contributed by atoms with van der Waals surface area (Å²) in [6, 6.07) is 2.59. The maximum Gasteiger partial charge on any atom is 0.0421 e. The molecule has 0 aromatic carbocycles. The fourth-order valence-electron chi connectivity index (χ4n) is 4.44. The van der Waals surface area contributed by atoms with Crippen LogP contribution in [0.3, 0.4) is 0 Å². The van der Waals surface area contributed by atoms with Gasteiger partial charge in [-0.05, 0) is 62.5 Å². The van der Waals surface area contributed by atoms with Crippen molar-refractivity contribution in [2.75, 3.05) is 0 Å². The van der Waals surface area contributed by atoms with Crippen LogP contribution in [0.25, 0.3) is 0 Å². The molecule has 3 rings (SSSR count). The maximum atomic E-state index is 6.62. The molecule has 1 aromatic rings. The van der Waals surface area contributed by atoms with Gasteiger partial charge in [-0.3, -0.25) is 0 Å². The Hall–Kier alpha value is -0.340. The van der Waals surface area contributed by atoms with E-state index in [1.807, 2.05) is 11.3 Å². The first-order valence-electron chi connectivity index (χ1n) is 7.97. The molecule has 4 atom stereocenters. The third-order valence-corrected chi connectivity index (χ3v) is 6.72. The number of hydrogen-bond acceptors (Lipinski definition) is 2. The van der Waals surface area contributed by atoms with E-state index in [0.29, 0.717) is 6.04 Å². The lowest BCUT2D eigenvalue weighted by atomic mass is 9.66. The average molecular weight is 277 g/mol. The molecule has 1 aromatic heterocycles. The van der Waals surface area contributed by atoms with Crippen molar-refractivity contribution < 1.29 is 0 Å². The van der Waals surface area contributed by atoms with Crippen LogP contribution in [0.15, 0.2) is 6.07 Å². The summed E-state index contributed by atoms with van der Waals surface area (Å²) in [7, 11) is 0. The van der Waals surface area contributed by atoms with Crippen LogP contribution in [-0.4, -0.2) is 0 Å². The second kappa shape index (κ2) is 5.57. The van der Waals surface area contributed by atoms with Gasteiger partial charge >= 0.3 is 0 Å². The summed E-state index contributed by atoms with van der Waals surface area (Å²) in [5, 5.41) is 0. The van der Waals surface area contributed by atoms with Gasteiger partial charge in [-0.1, -0.05) is 25.7 Å². The fourth-order valence-corrected chi connectivity index (χ4v) is 5.57.